The van der Waals surface area contributed by atoms with Gasteiger partial charge in [0.25, 0.3) is 0 Å². The minimum atomic E-state index is -0.307. The number of benzene rings is 1. The Balaban J connectivity index is 2.43. The molecule has 1 aliphatic rings. The number of carbonyl (C=O) groups excluding carboxylic acids is 3. The van der Waals surface area contributed by atoms with Crippen LogP contribution in [0.1, 0.15) is 31.1 Å². The number of carbonyl (C=O) groups is 3. The highest BCUT2D eigenvalue weighted by molar-refractivity contribution is 6.22. The summed E-state index contributed by atoms with van der Waals surface area (Å²) in [6.07, 6.45) is 0. The van der Waals surface area contributed by atoms with Crippen molar-refractivity contribution in [1.82, 2.24) is 0 Å². The summed E-state index contributed by atoms with van der Waals surface area (Å²) in [5.74, 6) is -1.10. The molecule has 0 aromatic heterocycles. The average molecular weight is 245 g/mol. The van der Waals surface area contributed by atoms with Crippen molar-refractivity contribution in [2.45, 2.75) is 20.8 Å². The summed E-state index contributed by atoms with van der Waals surface area (Å²) in [5, 5.41) is 0. The Kier molecular flexibility index (Phi) is 3.03. The molecule has 4 heteroatoms. The van der Waals surface area contributed by atoms with E-state index in [-0.39, 0.29) is 29.4 Å². The Morgan fingerprint density at radius 3 is 2.17 bits per heavy atom. The normalized spacial score (nSPS) is 23.6. The molecule has 2 rings (SSSR count). The van der Waals surface area contributed by atoms with E-state index in [0.29, 0.717) is 11.3 Å². The second-order valence-corrected chi connectivity index (χ2v) is 4.70. The molecule has 2 unspecified atom stereocenters. The van der Waals surface area contributed by atoms with E-state index in [9.17, 15) is 14.4 Å². The molecule has 0 radical (unpaired) electrons. The van der Waals surface area contributed by atoms with Crippen molar-refractivity contribution in [2.24, 2.45) is 11.8 Å². The average Bonchev–Trinajstić information content (AvgIpc) is 2.54. The van der Waals surface area contributed by atoms with Crippen LogP contribution in [0.5, 0.6) is 0 Å². The van der Waals surface area contributed by atoms with Crippen LogP contribution in [0.2, 0.25) is 0 Å². The zero-order valence-electron chi connectivity index (χ0n) is 10.6. The Morgan fingerprint density at radius 1 is 1.11 bits per heavy atom. The lowest BCUT2D eigenvalue weighted by atomic mass is 10.00. The van der Waals surface area contributed by atoms with Crippen molar-refractivity contribution < 1.29 is 14.4 Å². The van der Waals surface area contributed by atoms with Gasteiger partial charge < -0.3 is 0 Å². The van der Waals surface area contributed by atoms with Gasteiger partial charge in [0.05, 0.1) is 5.69 Å². The fourth-order valence-corrected chi connectivity index (χ4v) is 2.06. The zero-order chi connectivity index (χ0) is 13.4. The molecule has 0 spiro atoms. The van der Waals surface area contributed by atoms with Crippen molar-refractivity contribution in [2.75, 3.05) is 4.90 Å². The van der Waals surface area contributed by atoms with Gasteiger partial charge in [0, 0.05) is 17.4 Å². The number of ketones is 1. The lowest BCUT2D eigenvalue weighted by molar-refractivity contribution is -0.122. The van der Waals surface area contributed by atoms with Crippen molar-refractivity contribution in [1.29, 1.82) is 0 Å². The highest BCUT2D eigenvalue weighted by atomic mass is 16.2. The van der Waals surface area contributed by atoms with Crippen molar-refractivity contribution >= 4 is 23.3 Å². The number of Topliss-reactive ketones (excluding diaryl/α,β-unsaturated/α-hetero) is 1. The molecular weight excluding hydrogens is 230 g/mol. The maximum atomic E-state index is 12.0. The molecule has 94 valence electrons. The fraction of sp³-hybridized carbons (Fsp3) is 0.357. The summed E-state index contributed by atoms with van der Waals surface area (Å²) in [4.78, 5) is 36.6. The van der Waals surface area contributed by atoms with Gasteiger partial charge in [-0.3, -0.25) is 19.3 Å². The monoisotopic (exact) mass is 245 g/mol. The van der Waals surface area contributed by atoms with E-state index in [2.05, 4.69) is 0 Å². The molecule has 18 heavy (non-hydrogen) atoms. The molecule has 1 aromatic carbocycles. The predicted molar refractivity (Wildman–Crippen MR) is 67.3 cm³/mol. The Morgan fingerprint density at radius 2 is 1.67 bits per heavy atom. The quantitative estimate of drug-likeness (QED) is 0.591. The topological polar surface area (TPSA) is 54.5 Å². The van der Waals surface area contributed by atoms with Gasteiger partial charge in [-0.05, 0) is 19.1 Å². The molecule has 0 bridgehead atoms. The molecule has 0 N–H and O–H groups in total. The zero-order valence-corrected chi connectivity index (χ0v) is 10.6. The number of hydrogen-bond donors (Lipinski definition) is 0. The van der Waals surface area contributed by atoms with Crippen molar-refractivity contribution in [3.63, 3.8) is 0 Å². The first-order valence-electron chi connectivity index (χ1n) is 5.92. The second-order valence-electron chi connectivity index (χ2n) is 4.70. The summed E-state index contributed by atoms with van der Waals surface area (Å²) >= 11 is 0. The van der Waals surface area contributed by atoms with Crippen LogP contribution < -0.4 is 4.90 Å². The van der Waals surface area contributed by atoms with E-state index in [1.165, 1.54) is 11.8 Å². The maximum Gasteiger partial charge on any atom is 0.237 e. The van der Waals surface area contributed by atoms with E-state index < -0.39 is 0 Å². The Labute approximate surface area is 106 Å². The van der Waals surface area contributed by atoms with Crippen LogP contribution >= 0.6 is 0 Å². The van der Waals surface area contributed by atoms with Gasteiger partial charge in [0.1, 0.15) is 0 Å². The third-order valence-corrected chi connectivity index (χ3v) is 3.48. The lowest BCUT2D eigenvalue weighted by Gasteiger charge is -2.15. The fourth-order valence-electron chi connectivity index (χ4n) is 2.06. The summed E-state index contributed by atoms with van der Waals surface area (Å²) in [5.41, 5.74) is 0.981. The molecule has 4 nitrogen and oxygen atoms in total. The summed E-state index contributed by atoms with van der Waals surface area (Å²) in [7, 11) is 0. The summed E-state index contributed by atoms with van der Waals surface area (Å²) in [6, 6.07) is 6.61. The SMILES string of the molecule is CC(=O)c1cccc(N2C(=O)C(C)C(C)C2=O)c1. The molecule has 2 atom stereocenters. The lowest BCUT2D eigenvalue weighted by Crippen LogP contribution is -2.30. The number of amides is 2. The first-order chi connectivity index (χ1) is 8.43. The number of anilines is 1. The van der Waals surface area contributed by atoms with Gasteiger partial charge in [-0.15, -0.1) is 0 Å². The van der Waals surface area contributed by atoms with Crippen molar-refractivity contribution in [3.8, 4) is 0 Å². The Bertz CT molecular complexity index is 516. The summed E-state index contributed by atoms with van der Waals surface area (Å²) in [6.45, 7) is 4.96. The van der Waals surface area contributed by atoms with E-state index in [0.717, 1.165) is 0 Å². The van der Waals surface area contributed by atoms with Crippen LogP contribution in [0.25, 0.3) is 0 Å². The van der Waals surface area contributed by atoms with E-state index in [4.69, 9.17) is 0 Å². The number of nitrogens with zero attached hydrogens (tertiary/aromatic N) is 1. The molecule has 1 aromatic rings. The van der Waals surface area contributed by atoms with Crippen molar-refractivity contribution in [3.05, 3.63) is 29.8 Å². The van der Waals surface area contributed by atoms with Gasteiger partial charge in [-0.1, -0.05) is 26.0 Å². The van der Waals surface area contributed by atoms with E-state index in [1.807, 2.05) is 0 Å². The molecule has 0 aliphatic carbocycles. The van der Waals surface area contributed by atoms with Gasteiger partial charge in [-0.25, -0.2) is 0 Å². The molecule has 1 heterocycles. The smallest absolute Gasteiger partial charge is 0.237 e. The molecule has 1 fully saturated rings. The summed E-state index contributed by atoms with van der Waals surface area (Å²) < 4.78 is 0. The number of rotatable bonds is 2. The third-order valence-electron chi connectivity index (χ3n) is 3.48. The van der Waals surface area contributed by atoms with E-state index >= 15 is 0 Å². The van der Waals surface area contributed by atoms with Gasteiger partial charge in [0.2, 0.25) is 11.8 Å². The highest BCUT2D eigenvalue weighted by Gasteiger charge is 2.43. The minimum absolute atomic E-state index is 0.0861. The largest absolute Gasteiger partial charge is 0.295 e. The number of imide groups is 1. The Hall–Kier alpha value is -1.97. The predicted octanol–water partition coefficient (Wildman–Crippen LogP) is 2.03. The first-order valence-corrected chi connectivity index (χ1v) is 5.92. The minimum Gasteiger partial charge on any atom is -0.295 e. The van der Waals surface area contributed by atoms with Gasteiger partial charge in [-0.2, -0.15) is 0 Å². The maximum absolute atomic E-state index is 12.0. The number of hydrogen-bond acceptors (Lipinski definition) is 3. The van der Waals surface area contributed by atoms with Crippen LogP contribution in [0.3, 0.4) is 0 Å². The molecule has 1 aliphatic heterocycles. The second kappa shape index (κ2) is 4.37. The van der Waals surface area contributed by atoms with Gasteiger partial charge >= 0.3 is 0 Å². The van der Waals surface area contributed by atoms with Crippen LogP contribution in [0.4, 0.5) is 5.69 Å². The molecule has 0 saturated carbocycles. The highest BCUT2D eigenvalue weighted by Crippen LogP contribution is 2.30. The van der Waals surface area contributed by atoms with Crippen LogP contribution in [0.15, 0.2) is 24.3 Å². The van der Waals surface area contributed by atoms with Gasteiger partial charge in [0.15, 0.2) is 5.78 Å². The van der Waals surface area contributed by atoms with Crippen LogP contribution in [-0.4, -0.2) is 17.6 Å². The molecule has 2 amide bonds. The van der Waals surface area contributed by atoms with E-state index in [1.54, 1.807) is 38.1 Å². The van der Waals surface area contributed by atoms with Crippen LogP contribution in [0, 0.1) is 11.8 Å². The standard InChI is InChI=1S/C14H15NO3/c1-8-9(2)14(18)15(13(8)17)12-6-4-5-11(7-12)10(3)16/h4-9H,1-3H3. The molecule has 1 saturated heterocycles. The molecular formula is C14H15NO3. The first kappa shape index (κ1) is 12.5. The third kappa shape index (κ3) is 1.83. The van der Waals surface area contributed by atoms with Crippen LogP contribution in [-0.2, 0) is 9.59 Å².